The number of halogens is 3. The average molecular weight is 265 g/mol. The molecule has 0 aliphatic heterocycles. The zero-order valence-electron chi connectivity index (χ0n) is 8.45. The van der Waals surface area contributed by atoms with Crippen molar-refractivity contribution in [2.24, 2.45) is 0 Å². The van der Waals surface area contributed by atoms with Crippen LogP contribution in [0.1, 0.15) is 11.1 Å². The Morgan fingerprint density at radius 2 is 1.94 bits per heavy atom. The summed E-state index contributed by atoms with van der Waals surface area (Å²) >= 11 is 0. The molecular weight excluding hydrogens is 259 g/mol. The lowest BCUT2D eigenvalue weighted by molar-refractivity contribution is -0.0500. The van der Waals surface area contributed by atoms with E-state index >= 15 is 0 Å². The van der Waals surface area contributed by atoms with E-state index in [0.717, 1.165) is 6.07 Å². The normalized spacial score (nSPS) is 11.9. The number of para-hydroxylation sites is 1. The third kappa shape index (κ3) is 2.68. The Morgan fingerprint density at radius 1 is 1.35 bits per heavy atom. The molecule has 4 nitrogen and oxygen atoms in total. The van der Waals surface area contributed by atoms with Gasteiger partial charge in [-0.2, -0.15) is 26.9 Å². The third-order valence-electron chi connectivity index (χ3n) is 1.81. The quantitative estimate of drug-likeness (QED) is 0.606. The van der Waals surface area contributed by atoms with Crippen molar-refractivity contribution in [3.8, 4) is 11.8 Å². The van der Waals surface area contributed by atoms with Crippen LogP contribution in [-0.2, 0) is 10.1 Å². The fraction of sp³-hybridized carbons (Fsp3) is 0.222. The number of aryl methyl sites for hydroxylation is 1. The molecule has 1 rings (SSSR count). The van der Waals surface area contributed by atoms with E-state index in [1.807, 2.05) is 0 Å². The molecule has 0 atom stereocenters. The molecule has 92 valence electrons. The molecule has 8 heteroatoms. The van der Waals surface area contributed by atoms with Gasteiger partial charge in [-0.3, -0.25) is 0 Å². The summed E-state index contributed by atoms with van der Waals surface area (Å²) in [5.74, 6) is -0.604. The zero-order chi connectivity index (χ0) is 13.3. The van der Waals surface area contributed by atoms with E-state index in [2.05, 4.69) is 4.18 Å². The van der Waals surface area contributed by atoms with Crippen molar-refractivity contribution in [2.45, 2.75) is 12.4 Å². The van der Waals surface area contributed by atoms with Crippen molar-refractivity contribution in [2.75, 3.05) is 0 Å². The third-order valence-corrected chi connectivity index (χ3v) is 2.76. The maximum Gasteiger partial charge on any atom is 0.534 e. The molecule has 17 heavy (non-hydrogen) atoms. The van der Waals surface area contributed by atoms with Gasteiger partial charge in [-0.15, -0.1) is 0 Å². The molecule has 0 heterocycles. The van der Waals surface area contributed by atoms with Gasteiger partial charge in [-0.25, -0.2) is 0 Å². The van der Waals surface area contributed by atoms with Crippen molar-refractivity contribution in [3.63, 3.8) is 0 Å². The molecule has 0 fully saturated rings. The zero-order valence-corrected chi connectivity index (χ0v) is 9.26. The Labute approximate surface area is 95.4 Å². The number of nitrogens with zero attached hydrogens (tertiary/aromatic N) is 1. The Hall–Kier alpha value is -1.75. The molecule has 0 radical (unpaired) electrons. The van der Waals surface area contributed by atoms with Crippen LogP contribution in [0.5, 0.6) is 5.75 Å². The molecule has 0 aliphatic carbocycles. The SMILES string of the molecule is Cc1cccc(C#N)c1OS(=O)(=O)C(F)(F)F. The first-order chi connectivity index (χ1) is 7.69. The minimum Gasteiger partial charge on any atom is -0.374 e. The maximum absolute atomic E-state index is 12.1. The van der Waals surface area contributed by atoms with Crippen LogP contribution in [0.2, 0.25) is 0 Å². The monoisotopic (exact) mass is 265 g/mol. The predicted octanol–water partition coefficient (Wildman–Crippen LogP) is 2.10. The van der Waals surface area contributed by atoms with E-state index in [1.165, 1.54) is 19.1 Å². The van der Waals surface area contributed by atoms with Gasteiger partial charge in [0.1, 0.15) is 6.07 Å². The van der Waals surface area contributed by atoms with Gasteiger partial charge in [-0.1, -0.05) is 12.1 Å². The Kier molecular flexibility index (Phi) is 3.33. The van der Waals surface area contributed by atoms with Crippen molar-refractivity contribution in [3.05, 3.63) is 29.3 Å². The molecule has 0 unspecified atom stereocenters. The summed E-state index contributed by atoms with van der Waals surface area (Å²) < 4.78 is 61.8. The average Bonchev–Trinajstić information content (AvgIpc) is 2.19. The maximum atomic E-state index is 12.1. The topological polar surface area (TPSA) is 67.2 Å². The first kappa shape index (κ1) is 13.3. The summed E-state index contributed by atoms with van der Waals surface area (Å²) in [5.41, 5.74) is -5.68. The van der Waals surface area contributed by atoms with Crippen molar-refractivity contribution in [1.82, 2.24) is 0 Å². The second-order valence-electron chi connectivity index (χ2n) is 3.05. The molecule has 0 N–H and O–H groups in total. The van der Waals surface area contributed by atoms with Gasteiger partial charge in [0.15, 0.2) is 5.75 Å². The minimum absolute atomic E-state index is 0.122. The first-order valence-corrected chi connectivity index (χ1v) is 5.60. The van der Waals surface area contributed by atoms with Crippen molar-refractivity contribution in [1.29, 1.82) is 5.26 Å². The highest BCUT2D eigenvalue weighted by Gasteiger charge is 2.49. The fourth-order valence-electron chi connectivity index (χ4n) is 1.01. The minimum atomic E-state index is -5.76. The molecule has 0 bridgehead atoms. The van der Waals surface area contributed by atoms with E-state index in [4.69, 9.17) is 5.26 Å². The highest BCUT2D eigenvalue weighted by molar-refractivity contribution is 7.88. The number of rotatable bonds is 2. The van der Waals surface area contributed by atoms with Gasteiger partial charge >= 0.3 is 15.6 Å². The summed E-state index contributed by atoms with van der Waals surface area (Å²) in [6.07, 6.45) is 0. The molecule has 0 aliphatic rings. The van der Waals surface area contributed by atoms with Crippen LogP contribution < -0.4 is 4.18 Å². The molecule has 0 spiro atoms. The number of hydrogen-bond acceptors (Lipinski definition) is 4. The number of nitriles is 1. The smallest absolute Gasteiger partial charge is 0.374 e. The molecule has 0 saturated carbocycles. The van der Waals surface area contributed by atoms with Crippen LogP contribution in [0, 0.1) is 18.3 Å². The standard InChI is InChI=1S/C9H6F3NO3S/c1-6-3-2-4-7(5-13)8(6)16-17(14,15)9(10,11)12/h2-4H,1H3. The van der Waals surface area contributed by atoms with E-state index in [1.54, 1.807) is 6.07 Å². The molecule has 1 aromatic rings. The molecule has 0 amide bonds. The summed E-state index contributed by atoms with van der Waals surface area (Å²) in [4.78, 5) is 0. The van der Waals surface area contributed by atoms with Crippen LogP contribution in [0.3, 0.4) is 0 Å². The molecule has 0 aromatic heterocycles. The highest BCUT2D eigenvalue weighted by atomic mass is 32.2. The van der Waals surface area contributed by atoms with E-state index < -0.39 is 21.4 Å². The van der Waals surface area contributed by atoms with Crippen molar-refractivity contribution < 1.29 is 25.8 Å². The largest absolute Gasteiger partial charge is 0.534 e. The van der Waals surface area contributed by atoms with Gasteiger partial charge in [0.2, 0.25) is 0 Å². The lowest BCUT2D eigenvalue weighted by Crippen LogP contribution is -2.28. The first-order valence-electron chi connectivity index (χ1n) is 4.19. The van der Waals surface area contributed by atoms with Gasteiger partial charge in [0.05, 0.1) is 5.56 Å². The summed E-state index contributed by atoms with van der Waals surface area (Å²) in [6.45, 7) is 1.34. The van der Waals surface area contributed by atoms with Gasteiger partial charge in [-0.05, 0) is 18.6 Å². The van der Waals surface area contributed by atoms with Gasteiger partial charge in [0.25, 0.3) is 0 Å². The summed E-state index contributed by atoms with van der Waals surface area (Å²) in [6, 6.07) is 5.45. The Balaban J connectivity index is 3.27. The van der Waals surface area contributed by atoms with E-state index in [-0.39, 0.29) is 11.1 Å². The fourth-order valence-corrected chi connectivity index (χ4v) is 1.54. The summed E-state index contributed by atoms with van der Waals surface area (Å²) in [5, 5.41) is 8.64. The van der Waals surface area contributed by atoms with Crippen LogP contribution in [0.25, 0.3) is 0 Å². The van der Waals surface area contributed by atoms with Crippen molar-refractivity contribution >= 4 is 10.1 Å². The van der Waals surface area contributed by atoms with Crippen LogP contribution >= 0.6 is 0 Å². The second-order valence-corrected chi connectivity index (χ2v) is 4.58. The summed E-state index contributed by atoms with van der Waals surface area (Å²) in [7, 11) is -5.76. The molecule has 0 saturated heterocycles. The van der Waals surface area contributed by atoms with Crippen LogP contribution in [0.15, 0.2) is 18.2 Å². The number of hydrogen-bond donors (Lipinski definition) is 0. The number of alkyl halides is 3. The molecule has 1 aromatic carbocycles. The Bertz CT molecular complexity index is 572. The lowest BCUT2D eigenvalue weighted by Gasteiger charge is -2.12. The molecular formula is C9H6F3NO3S. The van der Waals surface area contributed by atoms with Crippen LogP contribution in [0.4, 0.5) is 13.2 Å². The van der Waals surface area contributed by atoms with Gasteiger partial charge < -0.3 is 4.18 Å². The lowest BCUT2D eigenvalue weighted by atomic mass is 10.1. The highest BCUT2D eigenvalue weighted by Crippen LogP contribution is 2.30. The predicted molar refractivity (Wildman–Crippen MR) is 51.5 cm³/mol. The number of benzene rings is 1. The van der Waals surface area contributed by atoms with Crippen LogP contribution in [-0.4, -0.2) is 13.9 Å². The second kappa shape index (κ2) is 4.25. The van der Waals surface area contributed by atoms with Gasteiger partial charge in [0, 0.05) is 0 Å². The Morgan fingerprint density at radius 3 is 2.41 bits per heavy atom. The van der Waals surface area contributed by atoms with E-state index in [0.29, 0.717) is 0 Å². The van der Waals surface area contributed by atoms with E-state index in [9.17, 15) is 21.6 Å².